The maximum absolute atomic E-state index is 8.48. The molecule has 3 N–H and O–H groups in total. The normalized spacial score (nSPS) is 20.8. The van der Waals surface area contributed by atoms with E-state index in [0.29, 0.717) is 40.7 Å². The Morgan fingerprint density at radius 2 is 1.41 bits per heavy atom. The Hall–Kier alpha value is -5.56. The van der Waals surface area contributed by atoms with Gasteiger partial charge in [-0.2, -0.15) is 0 Å². The molecule has 7 heteroatoms. The van der Waals surface area contributed by atoms with E-state index in [1.54, 1.807) is 6.08 Å². The SMILES string of the molecule is CC1=CC=CC(=NC2=CCCC(N(c3cccc(N=C4C=CC=CC4=N)c3)c3cccc(N=C4C=CCCC4=N)c3)=C2)C1=N. The zero-order chi connectivity index (χ0) is 30.5. The minimum atomic E-state index is 0.375. The molecular weight excluding hydrogens is 542 g/mol. The Morgan fingerprint density at radius 1 is 0.705 bits per heavy atom. The molecule has 0 spiro atoms. The summed E-state index contributed by atoms with van der Waals surface area (Å²) < 4.78 is 0. The van der Waals surface area contributed by atoms with E-state index in [0.717, 1.165) is 59.0 Å². The van der Waals surface area contributed by atoms with Crippen LogP contribution in [-0.2, 0) is 0 Å². The van der Waals surface area contributed by atoms with E-state index in [2.05, 4.69) is 35.3 Å². The van der Waals surface area contributed by atoms with E-state index in [4.69, 9.17) is 31.2 Å². The third-order valence-corrected chi connectivity index (χ3v) is 7.58. The van der Waals surface area contributed by atoms with Gasteiger partial charge < -0.3 is 10.3 Å². The van der Waals surface area contributed by atoms with Crippen molar-refractivity contribution in [3.05, 3.63) is 132 Å². The topological polar surface area (TPSA) is 112 Å². The number of hydrogen-bond donors (Lipinski definition) is 3. The maximum atomic E-state index is 8.48. The minimum Gasteiger partial charge on any atom is -0.314 e. The maximum Gasteiger partial charge on any atom is 0.0888 e. The van der Waals surface area contributed by atoms with E-state index in [1.165, 1.54) is 0 Å². The van der Waals surface area contributed by atoms with Crippen molar-refractivity contribution >= 4 is 57.0 Å². The molecule has 6 rings (SSSR count). The summed E-state index contributed by atoms with van der Waals surface area (Å²) in [6.45, 7) is 1.93. The van der Waals surface area contributed by atoms with E-state index in [-0.39, 0.29) is 0 Å². The van der Waals surface area contributed by atoms with Crippen LogP contribution in [0.1, 0.15) is 32.6 Å². The number of anilines is 2. The molecule has 216 valence electrons. The van der Waals surface area contributed by atoms with Crippen molar-refractivity contribution in [2.24, 2.45) is 15.0 Å². The van der Waals surface area contributed by atoms with Crippen molar-refractivity contribution in [3.8, 4) is 0 Å². The van der Waals surface area contributed by atoms with Crippen molar-refractivity contribution in [2.45, 2.75) is 32.6 Å². The third-order valence-electron chi connectivity index (χ3n) is 7.58. The van der Waals surface area contributed by atoms with Crippen LogP contribution in [-0.4, -0.2) is 34.3 Å². The highest BCUT2D eigenvalue weighted by Gasteiger charge is 2.20. The summed E-state index contributed by atoms with van der Waals surface area (Å²) in [5, 5.41) is 25.1. The molecule has 0 saturated heterocycles. The molecule has 4 aliphatic carbocycles. The van der Waals surface area contributed by atoms with Crippen molar-refractivity contribution in [1.29, 1.82) is 16.2 Å². The number of allylic oxidation sites excluding steroid dienone is 13. The smallest absolute Gasteiger partial charge is 0.0888 e. The predicted octanol–water partition coefficient (Wildman–Crippen LogP) is 9.02. The Kier molecular flexibility index (Phi) is 8.28. The number of nitrogens with one attached hydrogen (secondary N) is 3. The van der Waals surface area contributed by atoms with Crippen molar-refractivity contribution in [1.82, 2.24) is 0 Å². The fourth-order valence-corrected chi connectivity index (χ4v) is 5.30. The molecule has 2 aromatic carbocycles. The summed E-state index contributed by atoms with van der Waals surface area (Å²) in [4.78, 5) is 16.7. The van der Waals surface area contributed by atoms with Crippen LogP contribution in [0.4, 0.5) is 22.7 Å². The van der Waals surface area contributed by atoms with Gasteiger partial charge in [-0.1, -0.05) is 48.6 Å². The first-order valence-corrected chi connectivity index (χ1v) is 14.7. The summed E-state index contributed by atoms with van der Waals surface area (Å²) >= 11 is 0. The highest BCUT2D eigenvalue weighted by molar-refractivity contribution is 6.52. The highest BCUT2D eigenvalue weighted by atomic mass is 15.2. The van der Waals surface area contributed by atoms with Crippen molar-refractivity contribution in [2.75, 3.05) is 4.90 Å². The fraction of sp³-hybridized carbons (Fsp3) is 0.135. The lowest BCUT2D eigenvalue weighted by Crippen LogP contribution is -2.19. The quantitative estimate of drug-likeness (QED) is 0.293. The lowest BCUT2D eigenvalue weighted by atomic mass is 10.0. The van der Waals surface area contributed by atoms with Crippen LogP contribution in [0.5, 0.6) is 0 Å². The Bertz CT molecular complexity index is 1820. The first-order valence-electron chi connectivity index (χ1n) is 14.7. The van der Waals surface area contributed by atoms with Gasteiger partial charge in [0.2, 0.25) is 0 Å². The molecule has 0 aliphatic heterocycles. The van der Waals surface area contributed by atoms with Gasteiger partial charge in [0, 0.05) is 17.1 Å². The van der Waals surface area contributed by atoms with Crippen molar-refractivity contribution in [3.63, 3.8) is 0 Å². The molecule has 2 aromatic rings. The van der Waals surface area contributed by atoms with Crippen LogP contribution in [0.15, 0.2) is 147 Å². The second kappa shape index (κ2) is 12.8. The van der Waals surface area contributed by atoms with E-state index < -0.39 is 0 Å². The van der Waals surface area contributed by atoms with E-state index in [1.807, 2.05) is 85.9 Å². The van der Waals surface area contributed by atoms with Crippen LogP contribution < -0.4 is 4.90 Å². The fourth-order valence-electron chi connectivity index (χ4n) is 5.30. The summed E-state index contributed by atoms with van der Waals surface area (Å²) in [7, 11) is 0. The summed E-state index contributed by atoms with van der Waals surface area (Å²) in [5.41, 5.74) is 9.46. The molecule has 0 radical (unpaired) electrons. The van der Waals surface area contributed by atoms with Gasteiger partial charge in [-0.3, -0.25) is 10.8 Å². The lowest BCUT2D eigenvalue weighted by molar-refractivity contribution is 0.901. The monoisotopic (exact) mass is 575 g/mol. The van der Waals surface area contributed by atoms with Gasteiger partial charge in [0.05, 0.1) is 51.3 Å². The molecule has 0 bridgehead atoms. The lowest BCUT2D eigenvalue weighted by Gasteiger charge is -2.30. The molecule has 7 nitrogen and oxygen atoms in total. The molecular formula is C37H33N7. The zero-order valence-corrected chi connectivity index (χ0v) is 24.6. The average Bonchev–Trinajstić information content (AvgIpc) is 3.03. The van der Waals surface area contributed by atoms with Crippen LogP contribution in [0.25, 0.3) is 0 Å². The minimum absolute atomic E-state index is 0.375. The van der Waals surface area contributed by atoms with Gasteiger partial charge in [-0.05, 0) is 105 Å². The molecule has 0 unspecified atom stereocenters. The number of aliphatic imine (C=N–C) groups is 3. The van der Waals surface area contributed by atoms with E-state index in [9.17, 15) is 0 Å². The van der Waals surface area contributed by atoms with Crippen LogP contribution in [0.3, 0.4) is 0 Å². The summed E-state index contributed by atoms with van der Waals surface area (Å²) in [5.74, 6) is 0. The molecule has 4 aliphatic rings. The number of rotatable bonds is 6. The molecule has 0 fully saturated rings. The largest absolute Gasteiger partial charge is 0.314 e. The summed E-state index contributed by atoms with van der Waals surface area (Å²) in [6, 6.07) is 16.1. The Morgan fingerprint density at radius 3 is 2.14 bits per heavy atom. The first kappa shape index (κ1) is 28.6. The Balaban J connectivity index is 1.43. The summed E-state index contributed by atoms with van der Waals surface area (Å²) in [6.07, 6.45) is 24.4. The van der Waals surface area contributed by atoms with Gasteiger partial charge in [-0.15, -0.1) is 0 Å². The Labute approximate surface area is 257 Å². The highest BCUT2D eigenvalue weighted by Crippen LogP contribution is 2.37. The van der Waals surface area contributed by atoms with Gasteiger partial charge in [0.1, 0.15) is 0 Å². The van der Waals surface area contributed by atoms with Gasteiger partial charge in [-0.25, -0.2) is 15.0 Å². The van der Waals surface area contributed by atoms with Gasteiger partial charge in [0.25, 0.3) is 0 Å². The second-order valence-electron chi connectivity index (χ2n) is 10.8. The molecule has 0 atom stereocenters. The number of nitrogens with zero attached hydrogens (tertiary/aromatic N) is 4. The molecule has 0 heterocycles. The van der Waals surface area contributed by atoms with Gasteiger partial charge >= 0.3 is 0 Å². The van der Waals surface area contributed by atoms with Crippen molar-refractivity contribution < 1.29 is 0 Å². The average molecular weight is 576 g/mol. The molecule has 0 aromatic heterocycles. The molecule has 44 heavy (non-hydrogen) atoms. The second-order valence-corrected chi connectivity index (χ2v) is 10.8. The van der Waals surface area contributed by atoms with Gasteiger partial charge in [0.15, 0.2) is 0 Å². The zero-order valence-electron chi connectivity index (χ0n) is 24.6. The molecule has 0 amide bonds. The predicted molar refractivity (Wildman–Crippen MR) is 185 cm³/mol. The number of benzene rings is 2. The van der Waals surface area contributed by atoms with Crippen LogP contribution in [0, 0.1) is 16.2 Å². The van der Waals surface area contributed by atoms with Crippen LogP contribution >= 0.6 is 0 Å². The standard InChI is InChI=1S/C37H33N7/c1-25-10-6-21-36(37(25)40)43-28-13-9-16-31(24-28)44(29-14-7-11-26(22-29)41-34-19-4-2-17-32(34)38)30-15-8-12-27(23-30)42-35-20-5-3-18-33(35)39/h2,4-8,10-15,17,19-24,38-40H,3,9,16,18H2,1H3. The van der Waals surface area contributed by atoms with Crippen LogP contribution in [0.2, 0.25) is 0 Å². The third kappa shape index (κ3) is 6.42. The molecule has 0 saturated carbocycles. The number of hydrogen-bond acceptors (Lipinski definition) is 7. The van der Waals surface area contributed by atoms with E-state index >= 15 is 0 Å². The first-order chi connectivity index (χ1) is 21.4.